The molecule has 0 N–H and O–H groups in total. The number of rotatable bonds is 4. The zero-order chi connectivity index (χ0) is 17.4. The summed E-state index contributed by atoms with van der Waals surface area (Å²) in [5, 5.41) is 0. The summed E-state index contributed by atoms with van der Waals surface area (Å²) in [7, 11) is -8.60. The Kier molecular flexibility index (Phi) is 5.09. The third kappa shape index (κ3) is 3.54. The molecule has 130 valence electrons. The second-order valence-electron chi connectivity index (χ2n) is 5.34. The molecule has 0 unspecified atom stereocenters. The van der Waals surface area contributed by atoms with E-state index >= 15 is 0 Å². The van der Waals surface area contributed by atoms with Gasteiger partial charge >= 0.3 is 5.76 Å². The molecule has 1 heterocycles. The molecule has 0 amide bonds. The third-order valence-corrected chi connectivity index (χ3v) is 6.94. The number of ether oxygens (including phenoxy) is 1. The first-order valence-electron chi connectivity index (χ1n) is 6.82. The fourth-order valence-corrected chi connectivity index (χ4v) is 4.66. The van der Waals surface area contributed by atoms with Crippen LogP contribution in [0.4, 0.5) is 8.78 Å². The Hall–Kier alpha value is -1.10. The smallest absolute Gasteiger partial charge is 0.341 e. The zero-order valence-corrected chi connectivity index (χ0v) is 14.1. The molecule has 1 aliphatic heterocycles. The van der Waals surface area contributed by atoms with Gasteiger partial charge in [0.15, 0.2) is 0 Å². The first-order chi connectivity index (χ1) is 10.6. The lowest BCUT2D eigenvalue weighted by molar-refractivity contribution is -0.0170. The van der Waals surface area contributed by atoms with Crippen LogP contribution in [0.1, 0.15) is 13.8 Å². The van der Waals surface area contributed by atoms with Gasteiger partial charge in [0.1, 0.15) is 0 Å². The molecule has 2 rings (SSSR count). The molecular formula is C13H17F2NO5S2. The van der Waals surface area contributed by atoms with Gasteiger partial charge in [0, 0.05) is 12.6 Å². The quantitative estimate of drug-likeness (QED) is 0.803. The number of halogens is 2. The fraction of sp³-hybridized carbons (Fsp3) is 0.538. The van der Waals surface area contributed by atoms with E-state index in [1.807, 2.05) is 0 Å². The standard InChI is InChI=1S/C13H17F2NO5S2/c1-9-8-21-10(2)7-16(9)23(19,20)12-5-3-11(4-6-12)22(17,18)13(14)15/h3-6,9-10,13H,7-8H2,1-2H3/t9-,10-/m0/s1. The molecule has 0 spiro atoms. The molecule has 0 aromatic heterocycles. The number of nitrogens with zero attached hydrogens (tertiary/aromatic N) is 1. The predicted octanol–water partition coefficient (Wildman–Crippen LogP) is 1.48. The summed E-state index contributed by atoms with van der Waals surface area (Å²) in [5.74, 6) is -3.55. The second-order valence-corrected chi connectivity index (χ2v) is 9.15. The highest BCUT2D eigenvalue weighted by molar-refractivity contribution is 7.91. The average Bonchev–Trinajstić information content (AvgIpc) is 2.49. The Morgan fingerprint density at radius 3 is 2.13 bits per heavy atom. The van der Waals surface area contributed by atoms with E-state index in [1.54, 1.807) is 13.8 Å². The van der Waals surface area contributed by atoms with Gasteiger partial charge in [-0.05, 0) is 38.1 Å². The minimum absolute atomic E-state index is 0.147. The van der Waals surface area contributed by atoms with E-state index in [4.69, 9.17) is 4.74 Å². The molecule has 1 aromatic rings. The van der Waals surface area contributed by atoms with E-state index in [1.165, 1.54) is 4.31 Å². The topological polar surface area (TPSA) is 80.8 Å². The molecule has 1 aromatic carbocycles. The lowest BCUT2D eigenvalue weighted by Crippen LogP contribution is -2.50. The summed E-state index contributed by atoms with van der Waals surface area (Å²) in [4.78, 5) is -0.762. The van der Waals surface area contributed by atoms with E-state index < -0.39 is 30.5 Å². The van der Waals surface area contributed by atoms with Crippen molar-refractivity contribution in [1.29, 1.82) is 0 Å². The van der Waals surface area contributed by atoms with Crippen LogP contribution in [0.3, 0.4) is 0 Å². The Morgan fingerprint density at radius 2 is 1.61 bits per heavy atom. The van der Waals surface area contributed by atoms with E-state index in [2.05, 4.69) is 0 Å². The number of benzene rings is 1. The van der Waals surface area contributed by atoms with Crippen LogP contribution >= 0.6 is 0 Å². The van der Waals surface area contributed by atoms with Crippen LogP contribution in [0.5, 0.6) is 0 Å². The van der Waals surface area contributed by atoms with Crippen molar-refractivity contribution in [1.82, 2.24) is 4.31 Å². The number of sulfonamides is 1. The van der Waals surface area contributed by atoms with Gasteiger partial charge in [0.25, 0.3) is 0 Å². The maximum atomic E-state index is 12.6. The lowest BCUT2D eigenvalue weighted by Gasteiger charge is -2.35. The van der Waals surface area contributed by atoms with Gasteiger partial charge < -0.3 is 4.74 Å². The van der Waals surface area contributed by atoms with E-state index in [9.17, 15) is 25.6 Å². The Bertz CT molecular complexity index is 762. The summed E-state index contributed by atoms with van der Waals surface area (Å²) in [5.41, 5.74) is 0. The first kappa shape index (κ1) is 18.2. The Balaban J connectivity index is 2.35. The van der Waals surface area contributed by atoms with Crippen LogP contribution in [0.25, 0.3) is 0 Å². The minimum atomic E-state index is -4.75. The van der Waals surface area contributed by atoms with Crippen LogP contribution < -0.4 is 0 Å². The van der Waals surface area contributed by atoms with Crippen molar-refractivity contribution in [3.05, 3.63) is 24.3 Å². The second kappa shape index (κ2) is 6.42. The van der Waals surface area contributed by atoms with Crippen molar-refractivity contribution >= 4 is 19.9 Å². The van der Waals surface area contributed by atoms with Gasteiger partial charge in [-0.1, -0.05) is 0 Å². The van der Waals surface area contributed by atoms with Crippen molar-refractivity contribution in [3.8, 4) is 0 Å². The van der Waals surface area contributed by atoms with Gasteiger partial charge in [-0.25, -0.2) is 16.8 Å². The summed E-state index contributed by atoms with van der Waals surface area (Å²) in [6, 6.07) is 3.43. The van der Waals surface area contributed by atoms with Crippen molar-refractivity contribution in [2.75, 3.05) is 13.2 Å². The van der Waals surface area contributed by atoms with Gasteiger partial charge in [0.05, 0.1) is 22.5 Å². The molecular weight excluding hydrogens is 352 g/mol. The van der Waals surface area contributed by atoms with Crippen LogP contribution in [-0.4, -0.2) is 52.2 Å². The largest absolute Gasteiger partial charge is 0.375 e. The summed E-state index contributed by atoms with van der Waals surface area (Å²) in [6.45, 7) is 3.85. The highest BCUT2D eigenvalue weighted by Gasteiger charge is 2.34. The summed E-state index contributed by atoms with van der Waals surface area (Å²) >= 11 is 0. The monoisotopic (exact) mass is 369 g/mol. The predicted molar refractivity (Wildman–Crippen MR) is 78.4 cm³/mol. The van der Waals surface area contributed by atoms with Gasteiger partial charge in [0.2, 0.25) is 19.9 Å². The van der Waals surface area contributed by atoms with Crippen molar-refractivity contribution in [2.24, 2.45) is 0 Å². The molecule has 2 atom stereocenters. The number of sulfone groups is 1. The highest BCUT2D eigenvalue weighted by Crippen LogP contribution is 2.25. The molecule has 0 aliphatic carbocycles. The Labute approximate surface area is 134 Å². The van der Waals surface area contributed by atoms with Gasteiger partial charge in [-0.15, -0.1) is 0 Å². The van der Waals surface area contributed by atoms with E-state index in [-0.39, 0.29) is 30.2 Å². The maximum absolute atomic E-state index is 12.6. The molecule has 1 saturated heterocycles. The number of morpholine rings is 1. The molecule has 0 saturated carbocycles. The van der Waals surface area contributed by atoms with Crippen LogP contribution in [0, 0.1) is 0 Å². The molecule has 23 heavy (non-hydrogen) atoms. The van der Waals surface area contributed by atoms with E-state index in [0.717, 1.165) is 24.3 Å². The molecule has 0 radical (unpaired) electrons. The van der Waals surface area contributed by atoms with Gasteiger partial charge in [-0.3, -0.25) is 0 Å². The highest BCUT2D eigenvalue weighted by atomic mass is 32.2. The molecule has 1 fully saturated rings. The number of hydrogen-bond acceptors (Lipinski definition) is 5. The van der Waals surface area contributed by atoms with E-state index in [0.29, 0.717) is 0 Å². The van der Waals surface area contributed by atoms with Gasteiger partial charge in [-0.2, -0.15) is 13.1 Å². The first-order valence-corrected chi connectivity index (χ1v) is 9.81. The Morgan fingerprint density at radius 1 is 1.09 bits per heavy atom. The summed E-state index contributed by atoms with van der Waals surface area (Å²) in [6.07, 6.45) is -0.264. The average molecular weight is 369 g/mol. The SMILES string of the molecule is C[C@H]1CN(S(=O)(=O)c2ccc(S(=O)(=O)C(F)F)cc2)[C@@H](C)CO1. The van der Waals surface area contributed by atoms with Crippen LogP contribution in [-0.2, 0) is 24.6 Å². The van der Waals surface area contributed by atoms with Crippen molar-refractivity contribution in [3.63, 3.8) is 0 Å². The maximum Gasteiger partial charge on any atom is 0.341 e. The number of hydrogen-bond donors (Lipinski definition) is 0. The lowest BCUT2D eigenvalue weighted by atomic mass is 10.2. The molecule has 1 aliphatic rings. The fourth-order valence-electron chi connectivity index (χ4n) is 2.25. The van der Waals surface area contributed by atoms with Crippen molar-refractivity contribution in [2.45, 2.75) is 41.5 Å². The summed E-state index contributed by atoms with van der Waals surface area (Å²) < 4.78 is 79.6. The molecule has 10 heteroatoms. The van der Waals surface area contributed by atoms with Crippen LogP contribution in [0.2, 0.25) is 0 Å². The van der Waals surface area contributed by atoms with Crippen molar-refractivity contribution < 1.29 is 30.4 Å². The van der Waals surface area contributed by atoms with Crippen LogP contribution in [0.15, 0.2) is 34.1 Å². The number of alkyl halides is 2. The molecule has 6 nitrogen and oxygen atoms in total. The zero-order valence-electron chi connectivity index (χ0n) is 12.5. The normalized spacial score (nSPS) is 24.0. The minimum Gasteiger partial charge on any atom is -0.375 e. The third-order valence-electron chi connectivity index (χ3n) is 3.54. The molecule has 0 bridgehead atoms.